The lowest BCUT2D eigenvalue weighted by Gasteiger charge is -2.27. The maximum absolute atomic E-state index is 5.69. The van der Waals surface area contributed by atoms with Crippen LogP contribution in [0, 0.1) is 0 Å². The van der Waals surface area contributed by atoms with E-state index in [1.807, 2.05) is 0 Å². The lowest BCUT2D eigenvalue weighted by atomic mass is 9.96. The minimum absolute atomic E-state index is 0.331. The van der Waals surface area contributed by atoms with E-state index in [1.54, 1.807) is 0 Å². The monoisotopic (exact) mass is 281 g/mol. The van der Waals surface area contributed by atoms with Crippen molar-refractivity contribution in [1.82, 2.24) is 5.32 Å². The van der Waals surface area contributed by atoms with Gasteiger partial charge in [-0.3, -0.25) is 0 Å². The van der Waals surface area contributed by atoms with E-state index in [2.05, 4.69) is 66.8 Å². The molecule has 2 heteroatoms. The van der Waals surface area contributed by atoms with Crippen molar-refractivity contribution in [3.05, 3.63) is 71.3 Å². The van der Waals surface area contributed by atoms with Gasteiger partial charge in [0.1, 0.15) is 0 Å². The Morgan fingerprint density at radius 1 is 1.10 bits per heavy atom. The van der Waals surface area contributed by atoms with Crippen molar-refractivity contribution in [2.75, 3.05) is 13.2 Å². The number of benzene rings is 2. The summed E-state index contributed by atoms with van der Waals surface area (Å²) >= 11 is 0. The van der Waals surface area contributed by atoms with Gasteiger partial charge >= 0.3 is 0 Å². The predicted molar refractivity (Wildman–Crippen MR) is 86.3 cm³/mol. The summed E-state index contributed by atoms with van der Waals surface area (Å²) in [5, 5.41) is 3.65. The van der Waals surface area contributed by atoms with Crippen LogP contribution in [-0.4, -0.2) is 13.2 Å². The molecule has 0 fully saturated rings. The highest BCUT2D eigenvalue weighted by molar-refractivity contribution is 5.31. The van der Waals surface area contributed by atoms with Crippen molar-refractivity contribution in [3.63, 3.8) is 0 Å². The van der Waals surface area contributed by atoms with Crippen molar-refractivity contribution in [1.29, 1.82) is 0 Å². The molecule has 21 heavy (non-hydrogen) atoms. The Morgan fingerprint density at radius 2 is 1.86 bits per heavy atom. The van der Waals surface area contributed by atoms with Gasteiger partial charge in [0.2, 0.25) is 0 Å². The molecule has 0 amide bonds. The van der Waals surface area contributed by atoms with E-state index in [9.17, 15) is 0 Å². The molecule has 2 atom stereocenters. The molecule has 0 radical (unpaired) electrons. The third kappa shape index (κ3) is 3.52. The quantitative estimate of drug-likeness (QED) is 0.893. The van der Waals surface area contributed by atoms with E-state index in [4.69, 9.17) is 4.74 Å². The molecule has 110 valence electrons. The van der Waals surface area contributed by atoms with Gasteiger partial charge in [-0.2, -0.15) is 0 Å². The average Bonchev–Trinajstić information content (AvgIpc) is 2.56. The molecule has 2 nitrogen and oxygen atoms in total. The maximum Gasteiger partial charge on any atom is 0.0721 e. The molecule has 0 saturated carbocycles. The van der Waals surface area contributed by atoms with E-state index in [-0.39, 0.29) is 0 Å². The van der Waals surface area contributed by atoms with Gasteiger partial charge in [0.25, 0.3) is 0 Å². The SMILES string of the molecule is CC(CCNC1COCc2ccccc21)c1ccccc1. The zero-order chi connectivity index (χ0) is 14.5. The number of fused-ring (bicyclic) bond motifs is 1. The summed E-state index contributed by atoms with van der Waals surface area (Å²) in [6.45, 7) is 4.83. The van der Waals surface area contributed by atoms with Gasteiger partial charge in [-0.15, -0.1) is 0 Å². The van der Waals surface area contributed by atoms with Crippen molar-refractivity contribution < 1.29 is 4.74 Å². The van der Waals surface area contributed by atoms with E-state index < -0.39 is 0 Å². The van der Waals surface area contributed by atoms with Crippen LogP contribution in [0.1, 0.15) is 42.0 Å². The van der Waals surface area contributed by atoms with E-state index in [0.29, 0.717) is 12.0 Å². The van der Waals surface area contributed by atoms with E-state index >= 15 is 0 Å². The first-order valence-corrected chi connectivity index (χ1v) is 7.78. The molecule has 0 aromatic heterocycles. The lowest BCUT2D eigenvalue weighted by Crippen LogP contribution is -2.30. The first-order chi connectivity index (χ1) is 10.3. The van der Waals surface area contributed by atoms with Gasteiger partial charge in [-0.25, -0.2) is 0 Å². The predicted octanol–water partition coefficient (Wildman–Crippen LogP) is 4.04. The third-order valence-electron chi connectivity index (χ3n) is 4.31. The molecule has 0 bridgehead atoms. The molecule has 1 aliphatic heterocycles. The smallest absolute Gasteiger partial charge is 0.0721 e. The molecule has 2 aromatic rings. The Bertz CT molecular complexity index is 567. The highest BCUT2D eigenvalue weighted by Crippen LogP contribution is 2.25. The second-order valence-electron chi connectivity index (χ2n) is 5.82. The molecule has 0 spiro atoms. The standard InChI is InChI=1S/C19H23NO/c1-15(16-7-3-2-4-8-16)11-12-20-19-14-21-13-17-9-5-6-10-18(17)19/h2-10,15,19-20H,11-14H2,1H3. The van der Waals surface area contributed by atoms with Gasteiger partial charge < -0.3 is 10.1 Å². The topological polar surface area (TPSA) is 21.3 Å². The normalized spacial score (nSPS) is 19.0. The average molecular weight is 281 g/mol. The van der Waals surface area contributed by atoms with Crippen LogP contribution in [0.15, 0.2) is 54.6 Å². The highest BCUT2D eigenvalue weighted by Gasteiger charge is 2.19. The van der Waals surface area contributed by atoms with Gasteiger partial charge in [-0.1, -0.05) is 61.5 Å². The van der Waals surface area contributed by atoms with Crippen LogP contribution in [0.3, 0.4) is 0 Å². The maximum atomic E-state index is 5.69. The fourth-order valence-corrected chi connectivity index (χ4v) is 2.97. The van der Waals surface area contributed by atoms with Crippen LogP contribution in [0.4, 0.5) is 0 Å². The Kier molecular flexibility index (Phi) is 4.69. The molecule has 3 rings (SSSR count). The van der Waals surface area contributed by atoms with Gasteiger partial charge in [-0.05, 0) is 35.6 Å². The molecule has 2 unspecified atom stereocenters. The van der Waals surface area contributed by atoms with Crippen LogP contribution in [-0.2, 0) is 11.3 Å². The molecule has 0 aliphatic carbocycles. The van der Waals surface area contributed by atoms with Gasteiger partial charge in [0, 0.05) is 0 Å². The Labute approximate surface area is 127 Å². The van der Waals surface area contributed by atoms with E-state index in [0.717, 1.165) is 26.2 Å². The Balaban J connectivity index is 1.55. The second kappa shape index (κ2) is 6.88. The molecule has 1 aliphatic rings. The summed E-state index contributed by atoms with van der Waals surface area (Å²) in [5.41, 5.74) is 4.13. The van der Waals surface area contributed by atoms with Gasteiger partial charge in [0.15, 0.2) is 0 Å². The van der Waals surface area contributed by atoms with Gasteiger partial charge in [0.05, 0.1) is 19.3 Å². The molecular weight excluding hydrogens is 258 g/mol. The number of ether oxygens (including phenoxy) is 1. The van der Waals surface area contributed by atoms with Crippen LogP contribution in [0.5, 0.6) is 0 Å². The Morgan fingerprint density at radius 3 is 2.71 bits per heavy atom. The number of hydrogen-bond donors (Lipinski definition) is 1. The summed E-state index contributed by atoms with van der Waals surface area (Å²) in [7, 11) is 0. The number of nitrogens with one attached hydrogen (secondary N) is 1. The van der Waals surface area contributed by atoms with Crippen LogP contribution >= 0.6 is 0 Å². The second-order valence-corrected chi connectivity index (χ2v) is 5.82. The van der Waals surface area contributed by atoms with Crippen molar-refractivity contribution in [3.8, 4) is 0 Å². The zero-order valence-corrected chi connectivity index (χ0v) is 12.6. The minimum atomic E-state index is 0.331. The Hall–Kier alpha value is -1.64. The summed E-state index contributed by atoms with van der Waals surface area (Å²) in [6, 6.07) is 19.6. The molecule has 2 aromatic carbocycles. The largest absolute Gasteiger partial charge is 0.375 e. The molecule has 1 heterocycles. The lowest BCUT2D eigenvalue weighted by molar-refractivity contribution is 0.0820. The summed E-state index contributed by atoms with van der Waals surface area (Å²) in [4.78, 5) is 0. The number of rotatable bonds is 5. The fraction of sp³-hybridized carbons (Fsp3) is 0.368. The van der Waals surface area contributed by atoms with Crippen molar-refractivity contribution in [2.24, 2.45) is 0 Å². The number of hydrogen-bond acceptors (Lipinski definition) is 2. The van der Waals surface area contributed by atoms with Crippen LogP contribution in [0.25, 0.3) is 0 Å². The van der Waals surface area contributed by atoms with Crippen LogP contribution in [0.2, 0.25) is 0 Å². The molecular formula is C19H23NO. The van der Waals surface area contributed by atoms with Crippen LogP contribution < -0.4 is 5.32 Å². The minimum Gasteiger partial charge on any atom is -0.375 e. The van der Waals surface area contributed by atoms with Crippen molar-refractivity contribution >= 4 is 0 Å². The zero-order valence-electron chi connectivity index (χ0n) is 12.6. The first-order valence-electron chi connectivity index (χ1n) is 7.78. The molecule has 1 N–H and O–H groups in total. The summed E-state index contributed by atoms with van der Waals surface area (Å²) < 4.78 is 5.69. The van der Waals surface area contributed by atoms with Crippen molar-refractivity contribution in [2.45, 2.75) is 31.9 Å². The summed E-state index contributed by atoms with van der Waals surface area (Å²) in [5.74, 6) is 0.582. The third-order valence-corrected chi connectivity index (χ3v) is 4.31. The summed E-state index contributed by atoms with van der Waals surface area (Å²) in [6.07, 6.45) is 1.14. The molecule has 0 saturated heterocycles. The fourth-order valence-electron chi connectivity index (χ4n) is 2.97. The highest BCUT2D eigenvalue weighted by atomic mass is 16.5. The van der Waals surface area contributed by atoms with E-state index in [1.165, 1.54) is 16.7 Å². The first kappa shape index (κ1) is 14.3.